The molecule has 0 amide bonds. The quantitative estimate of drug-likeness (QED) is 0.605. The molecule has 5 heteroatoms. The summed E-state index contributed by atoms with van der Waals surface area (Å²) in [5.41, 5.74) is 0.793. The van der Waals surface area contributed by atoms with E-state index >= 15 is 0 Å². The third-order valence-electron chi connectivity index (χ3n) is 3.20. The Morgan fingerprint density at radius 2 is 2.05 bits per heavy atom. The minimum Gasteiger partial charge on any atom is -0.493 e. The maximum Gasteiger partial charge on any atom is 0.199 e. The van der Waals surface area contributed by atoms with Crippen LogP contribution in [0.3, 0.4) is 0 Å². The van der Waals surface area contributed by atoms with Crippen molar-refractivity contribution >= 4 is 5.78 Å². The number of hydrogen-bond acceptors (Lipinski definition) is 3. The second kappa shape index (κ2) is 6.73. The lowest BCUT2D eigenvalue weighted by molar-refractivity contribution is 0.103. The molecule has 0 unspecified atom stereocenters. The Kier molecular flexibility index (Phi) is 4.96. The number of carbonyl (C=O) groups excluding carboxylic acids is 1. The Morgan fingerprint density at radius 1 is 1.32 bits per heavy atom. The first-order valence-corrected chi connectivity index (χ1v) is 7.31. The minimum absolute atomic E-state index is 0.147. The van der Waals surface area contributed by atoms with Gasteiger partial charge in [-0.25, -0.2) is 0 Å². The maximum absolute atomic E-state index is 12.6. The summed E-state index contributed by atoms with van der Waals surface area (Å²) in [5, 5.41) is 4.24. The highest BCUT2D eigenvalue weighted by atomic mass is 19.1. The molecule has 22 heavy (non-hydrogen) atoms. The van der Waals surface area contributed by atoms with Gasteiger partial charge in [-0.1, -0.05) is 12.1 Å². The predicted octanol–water partition coefficient (Wildman–Crippen LogP) is 3.61. The molecule has 0 N–H and O–H groups in total. The molecule has 0 fully saturated rings. The number of carbonyl (C=O) groups is 1. The zero-order valence-corrected chi connectivity index (χ0v) is 13.2. The molecule has 4 nitrogen and oxygen atoms in total. The lowest BCUT2D eigenvalue weighted by Gasteiger charge is -2.18. The number of nitrogens with zero attached hydrogens (tertiary/aromatic N) is 2. The lowest BCUT2D eigenvalue weighted by atomic mass is 10.1. The molecular weight excluding hydrogens is 283 g/mol. The van der Waals surface area contributed by atoms with E-state index in [0.29, 0.717) is 23.3 Å². The lowest BCUT2D eigenvalue weighted by Crippen LogP contribution is -2.22. The molecule has 0 radical (unpaired) electrons. The van der Waals surface area contributed by atoms with Crippen LogP contribution in [0.2, 0.25) is 0 Å². The first kappa shape index (κ1) is 16.2. The molecular formula is C17H21FN2O2. The van der Waals surface area contributed by atoms with Crippen LogP contribution in [0.1, 0.15) is 43.1 Å². The van der Waals surface area contributed by atoms with E-state index in [1.54, 1.807) is 41.3 Å². The van der Waals surface area contributed by atoms with E-state index in [4.69, 9.17) is 4.74 Å². The van der Waals surface area contributed by atoms with Crippen molar-refractivity contribution in [1.82, 2.24) is 9.78 Å². The third-order valence-corrected chi connectivity index (χ3v) is 3.20. The first-order chi connectivity index (χ1) is 10.4. The molecule has 1 aromatic heterocycles. The van der Waals surface area contributed by atoms with Crippen LogP contribution >= 0.6 is 0 Å². The molecule has 118 valence electrons. The van der Waals surface area contributed by atoms with Gasteiger partial charge in [-0.15, -0.1) is 0 Å². The van der Waals surface area contributed by atoms with Crippen molar-refractivity contribution in [1.29, 1.82) is 0 Å². The number of rotatable bonds is 6. The summed E-state index contributed by atoms with van der Waals surface area (Å²) in [6.45, 7) is 5.86. The van der Waals surface area contributed by atoms with Gasteiger partial charge in [-0.3, -0.25) is 13.9 Å². The van der Waals surface area contributed by atoms with Crippen LogP contribution in [-0.4, -0.2) is 28.8 Å². The van der Waals surface area contributed by atoms with E-state index < -0.39 is 6.67 Å². The Balaban J connectivity index is 2.24. The number of para-hydroxylation sites is 1. The van der Waals surface area contributed by atoms with Crippen molar-refractivity contribution in [2.24, 2.45) is 0 Å². The highest BCUT2D eigenvalue weighted by Crippen LogP contribution is 2.22. The second-order valence-corrected chi connectivity index (χ2v) is 6.06. The van der Waals surface area contributed by atoms with E-state index in [1.807, 2.05) is 20.8 Å². The van der Waals surface area contributed by atoms with Crippen LogP contribution in [0.4, 0.5) is 4.39 Å². The van der Waals surface area contributed by atoms with Crippen LogP contribution in [0.25, 0.3) is 0 Å². The number of alkyl halides is 1. The van der Waals surface area contributed by atoms with Crippen LogP contribution in [-0.2, 0) is 5.54 Å². The zero-order valence-electron chi connectivity index (χ0n) is 13.2. The molecule has 0 saturated heterocycles. The number of ether oxygens (including phenoxy) is 1. The van der Waals surface area contributed by atoms with Gasteiger partial charge in [0.15, 0.2) is 5.78 Å². The fourth-order valence-corrected chi connectivity index (χ4v) is 1.98. The highest BCUT2D eigenvalue weighted by molar-refractivity contribution is 6.10. The number of benzene rings is 1. The SMILES string of the molecule is CC(C)(C)n1cc(C(=O)c2ccccc2OCCCF)cn1. The fourth-order valence-electron chi connectivity index (χ4n) is 1.98. The van der Waals surface area contributed by atoms with Gasteiger partial charge in [0, 0.05) is 12.6 Å². The van der Waals surface area contributed by atoms with Crippen LogP contribution in [0.5, 0.6) is 5.75 Å². The average molecular weight is 304 g/mol. The molecule has 0 saturated carbocycles. The normalized spacial score (nSPS) is 11.5. The van der Waals surface area contributed by atoms with Gasteiger partial charge in [0.25, 0.3) is 0 Å². The Bertz CT molecular complexity index is 644. The molecule has 0 aliphatic carbocycles. The molecule has 0 aliphatic heterocycles. The minimum atomic E-state index is -0.436. The molecule has 0 bridgehead atoms. The highest BCUT2D eigenvalue weighted by Gasteiger charge is 2.19. The van der Waals surface area contributed by atoms with Gasteiger partial charge < -0.3 is 4.74 Å². The van der Waals surface area contributed by atoms with E-state index in [9.17, 15) is 9.18 Å². The smallest absolute Gasteiger partial charge is 0.199 e. The van der Waals surface area contributed by atoms with Crippen molar-refractivity contribution in [2.75, 3.05) is 13.3 Å². The second-order valence-electron chi connectivity index (χ2n) is 6.06. The van der Waals surface area contributed by atoms with Gasteiger partial charge >= 0.3 is 0 Å². The standard InChI is InChI=1S/C17H21FN2O2/c1-17(2,3)20-12-13(11-19-20)16(21)14-7-4-5-8-15(14)22-10-6-9-18/h4-5,7-8,11-12H,6,9-10H2,1-3H3. The first-order valence-electron chi connectivity index (χ1n) is 7.31. The largest absolute Gasteiger partial charge is 0.493 e. The number of ketones is 1. The summed E-state index contributed by atoms with van der Waals surface area (Å²) in [6, 6.07) is 7.00. The third kappa shape index (κ3) is 3.72. The van der Waals surface area contributed by atoms with E-state index in [0.717, 1.165) is 0 Å². The topological polar surface area (TPSA) is 44.1 Å². The molecule has 0 aliphatic rings. The summed E-state index contributed by atoms with van der Waals surface area (Å²) in [4.78, 5) is 12.6. The van der Waals surface area contributed by atoms with Crippen molar-refractivity contribution in [3.8, 4) is 5.75 Å². The van der Waals surface area contributed by atoms with Gasteiger partial charge in [0.1, 0.15) is 5.75 Å². The van der Waals surface area contributed by atoms with Crippen LogP contribution in [0.15, 0.2) is 36.7 Å². The summed E-state index contributed by atoms with van der Waals surface area (Å²) >= 11 is 0. The number of halogens is 1. The van der Waals surface area contributed by atoms with Gasteiger partial charge in [0.05, 0.1) is 36.1 Å². The van der Waals surface area contributed by atoms with Gasteiger partial charge in [-0.05, 0) is 32.9 Å². The van der Waals surface area contributed by atoms with E-state index in [1.165, 1.54) is 0 Å². The molecule has 2 aromatic rings. The van der Waals surface area contributed by atoms with E-state index in [-0.39, 0.29) is 17.9 Å². The Morgan fingerprint density at radius 3 is 2.68 bits per heavy atom. The van der Waals surface area contributed by atoms with Crippen molar-refractivity contribution in [2.45, 2.75) is 32.7 Å². The van der Waals surface area contributed by atoms with Crippen molar-refractivity contribution in [3.05, 3.63) is 47.8 Å². The van der Waals surface area contributed by atoms with Crippen LogP contribution < -0.4 is 4.74 Å². The molecule has 1 aromatic carbocycles. The summed E-state index contributed by atoms with van der Waals surface area (Å²) in [5.74, 6) is 0.329. The maximum atomic E-state index is 12.6. The average Bonchev–Trinajstić information content (AvgIpc) is 2.97. The number of aromatic nitrogens is 2. The Labute approximate surface area is 129 Å². The Hall–Kier alpha value is -2.17. The molecule has 1 heterocycles. The zero-order chi connectivity index (χ0) is 16.2. The van der Waals surface area contributed by atoms with Crippen molar-refractivity contribution in [3.63, 3.8) is 0 Å². The molecule has 0 spiro atoms. The van der Waals surface area contributed by atoms with Gasteiger partial charge in [0.2, 0.25) is 0 Å². The summed E-state index contributed by atoms with van der Waals surface area (Å²) in [7, 11) is 0. The van der Waals surface area contributed by atoms with Crippen molar-refractivity contribution < 1.29 is 13.9 Å². The number of hydrogen-bond donors (Lipinski definition) is 0. The fraction of sp³-hybridized carbons (Fsp3) is 0.412. The van der Waals surface area contributed by atoms with E-state index in [2.05, 4.69) is 5.10 Å². The molecule has 2 rings (SSSR count). The van der Waals surface area contributed by atoms with Gasteiger partial charge in [-0.2, -0.15) is 5.10 Å². The monoisotopic (exact) mass is 304 g/mol. The van der Waals surface area contributed by atoms with Crippen LogP contribution in [0, 0.1) is 0 Å². The summed E-state index contributed by atoms with van der Waals surface area (Å²) in [6.07, 6.45) is 3.61. The summed E-state index contributed by atoms with van der Waals surface area (Å²) < 4.78 is 19.4. The molecule has 0 atom stereocenters. The predicted molar refractivity (Wildman–Crippen MR) is 83.2 cm³/mol.